The highest BCUT2D eigenvalue weighted by atomic mass is 35.5. The standard InChI is InChI=1S/C20H25ClN4.ClH/c21-18-6-2-1-5-17(18)19-14-22-9-12-25(19)15-16-7-8-20(23-13-16)24-10-3-4-11-24;/h1-2,5-8,13,19,22H,3-4,9-12,14-15H2;1H. The number of piperazine rings is 1. The maximum absolute atomic E-state index is 6.45. The first-order valence-corrected chi connectivity index (χ1v) is 9.58. The van der Waals surface area contributed by atoms with Crippen LogP contribution in [-0.2, 0) is 6.54 Å². The van der Waals surface area contributed by atoms with Crippen LogP contribution in [0.15, 0.2) is 42.6 Å². The van der Waals surface area contributed by atoms with E-state index in [1.807, 2.05) is 18.3 Å². The zero-order valence-corrected chi connectivity index (χ0v) is 16.5. The normalized spacial score (nSPS) is 20.8. The third kappa shape index (κ3) is 4.32. The maximum atomic E-state index is 6.45. The number of hydrogen-bond donors (Lipinski definition) is 1. The highest BCUT2D eigenvalue weighted by Gasteiger charge is 2.25. The minimum absolute atomic E-state index is 0. The van der Waals surface area contributed by atoms with Gasteiger partial charge in [-0.3, -0.25) is 4.90 Å². The van der Waals surface area contributed by atoms with Gasteiger partial charge in [0.25, 0.3) is 0 Å². The summed E-state index contributed by atoms with van der Waals surface area (Å²) in [5, 5.41) is 4.35. The van der Waals surface area contributed by atoms with E-state index < -0.39 is 0 Å². The summed E-state index contributed by atoms with van der Waals surface area (Å²) in [6.45, 7) is 6.15. The second-order valence-corrected chi connectivity index (χ2v) is 7.34. The number of benzene rings is 1. The van der Waals surface area contributed by atoms with Crippen molar-refractivity contribution in [1.82, 2.24) is 15.2 Å². The van der Waals surface area contributed by atoms with Gasteiger partial charge < -0.3 is 10.2 Å². The molecule has 0 amide bonds. The van der Waals surface area contributed by atoms with Crippen molar-refractivity contribution in [3.8, 4) is 0 Å². The number of aromatic nitrogens is 1. The Morgan fingerprint density at radius 1 is 1.08 bits per heavy atom. The lowest BCUT2D eigenvalue weighted by Crippen LogP contribution is -2.45. The number of rotatable bonds is 4. The first-order chi connectivity index (χ1) is 12.3. The lowest BCUT2D eigenvalue weighted by Gasteiger charge is -2.37. The van der Waals surface area contributed by atoms with E-state index in [-0.39, 0.29) is 12.4 Å². The van der Waals surface area contributed by atoms with E-state index >= 15 is 0 Å². The zero-order chi connectivity index (χ0) is 17.1. The van der Waals surface area contributed by atoms with Crippen molar-refractivity contribution >= 4 is 29.8 Å². The van der Waals surface area contributed by atoms with Gasteiger partial charge in [-0.1, -0.05) is 35.9 Å². The predicted octanol–water partition coefficient (Wildman–Crippen LogP) is 3.90. The van der Waals surface area contributed by atoms with E-state index in [2.05, 4.69) is 39.4 Å². The highest BCUT2D eigenvalue weighted by molar-refractivity contribution is 6.31. The molecule has 1 N–H and O–H groups in total. The van der Waals surface area contributed by atoms with E-state index in [9.17, 15) is 0 Å². The molecule has 0 spiro atoms. The van der Waals surface area contributed by atoms with Crippen LogP contribution < -0.4 is 10.2 Å². The Hall–Kier alpha value is -1.33. The zero-order valence-electron chi connectivity index (χ0n) is 14.9. The molecule has 0 saturated carbocycles. The number of halogens is 2. The minimum atomic E-state index is 0. The summed E-state index contributed by atoms with van der Waals surface area (Å²) in [7, 11) is 0. The predicted molar refractivity (Wildman–Crippen MR) is 110 cm³/mol. The van der Waals surface area contributed by atoms with Crippen LogP contribution in [0.1, 0.15) is 30.0 Å². The molecule has 140 valence electrons. The molecule has 3 heterocycles. The molecule has 2 saturated heterocycles. The fourth-order valence-corrected chi connectivity index (χ4v) is 4.13. The third-order valence-electron chi connectivity index (χ3n) is 5.24. The van der Waals surface area contributed by atoms with E-state index in [4.69, 9.17) is 16.6 Å². The van der Waals surface area contributed by atoms with Gasteiger partial charge in [-0.15, -0.1) is 12.4 Å². The molecule has 0 aliphatic carbocycles. The summed E-state index contributed by atoms with van der Waals surface area (Å²) in [4.78, 5) is 9.58. The molecule has 1 aromatic heterocycles. The second kappa shape index (κ2) is 9.05. The molecule has 4 nitrogen and oxygen atoms in total. The summed E-state index contributed by atoms with van der Waals surface area (Å²) >= 11 is 6.45. The van der Waals surface area contributed by atoms with Crippen LogP contribution in [0.5, 0.6) is 0 Å². The van der Waals surface area contributed by atoms with Crippen molar-refractivity contribution < 1.29 is 0 Å². The number of anilines is 1. The van der Waals surface area contributed by atoms with Crippen molar-refractivity contribution in [2.24, 2.45) is 0 Å². The smallest absolute Gasteiger partial charge is 0.128 e. The first kappa shape index (κ1) is 19.4. The first-order valence-electron chi connectivity index (χ1n) is 9.20. The number of nitrogens with zero attached hydrogens (tertiary/aromatic N) is 3. The van der Waals surface area contributed by atoms with Crippen LogP contribution in [0, 0.1) is 0 Å². The van der Waals surface area contributed by atoms with Gasteiger partial charge in [0, 0.05) is 56.5 Å². The summed E-state index contributed by atoms with van der Waals surface area (Å²) in [6, 6.07) is 12.9. The van der Waals surface area contributed by atoms with Gasteiger partial charge in [0.15, 0.2) is 0 Å². The molecule has 2 aromatic rings. The molecule has 6 heteroatoms. The number of nitrogens with one attached hydrogen (secondary N) is 1. The average molecular weight is 393 g/mol. The van der Waals surface area contributed by atoms with Gasteiger partial charge in [-0.2, -0.15) is 0 Å². The van der Waals surface area contributed by atoms with E-state index in [1.165, 1.54) is 24.0 Å². The topological polar surface area (TPSA) is 31.4 Å². The Morgan fingerprint density at radius 2 is 1.88 bits per heavy atom. The molecule has 2 aliphatic rings. The molecule has 4 rings (SSSR count). The quantitative estimate of drug-likeness (QED) is 0.854. The molecule has 2 aliphatic heterocycles. The van der Waals surface area contributed by atoms with Crippen molar-refractivity contribution in [1.29, 1.82) is 0 Å². The minimum Gasteiger partial charge on any atom is -0.357 e. The number of hydrogen-bond acceptors (Lipinski definition) is 4. The van der Waals surface area contributed by atoms with Gasteiger partial charge >= 0.3 is 0 Å². The van der Waals surface area contributed by atoms with Crippen molar-refractivity contribution in [3.05, 3.63) is 58.7 Å². The molecule has 2 fully saturated rings. The van der Waals surface area contributed by atoms with Crippen LogP contribution >= 0.6 is 24.0 Å². The van der Waals surface area contributed by atoms with E-state index in [0.29, 0.717) is 6.04 Å². The number of pyridine rings is 1. The highest BCUT2D eigenvalue weighted by Crippen LogP contribution is 2.29. The summed E-state index contributed by atoms with van der Waals surface area (Å²) in [6.07, 6.45) is 4.60. The molecule has 0 radical (unpaired) electrons. The Morgan fingerprint density at radius 3 is 2.62 bits per heavy atom. The SMILES string of the molecule is Cl.Clc1ccccc1C1CNCCN1Cc1ccc(N2CCCC2)nc1. The average Bonchev–Trinajstić information content (AvgIpc) is 3.18. The van der Waals surface area contributed by atoms with E-state index in [1.54, 1.807) is 0 Å². The fraction of sp³-hybridized carbons (Fsp3) is 0.450. The molecule has 0 bridgehead atoms. The fourth-order valence-electron chi connectivity index (χ4n) is 3.87. The summed E-state index contributed by atoms with van der Waals surface area (Å²) in [5.41, 5.74) is 2.47. The van der Waals surface area contributed by atoms with Crippen LogP contribution in [0.3, 0.4) is 0 Å². The van der Waals surface area contributed by atoms with Crippen LogP contribution in [0.2, 0.25) is 5.02 Å². The van der Waals surface area contributed by atoms with Gasteiger partial charge in [0.1, 0.15) is 5.82 Å². The maximum Gasteiger partial charge on any atom is 0.128 e. The monoisotopic (exact) mass is 392 g/mol. The molecule has 26 heavy (non-hydrogen) atoms. The van der Waals surface area contributed by atoms with Gasteiger partial charge in [0.2, 0.25) is 0 Å². The molecular formula is C20H26Cl2N4. The van der Waals surface area contributed by atoms with E-state index in [0.717, 1.165) is 50.1 Å². The molecule has 1 atom stereocenters. The second-order valence-electron chi connectivity index (χ2n) is 6.93. The Kier molecular flexibility index (Phi) is 6.76. The van der Waals surface area contributed by atoms with Crippen LogP contribution in [0.4, 0.5) is 5.82 Å². The van der Waals surface area contributed by atoms with Crippen LogP contribution in [-0.4, -0.2) is 42.6 Å². The Balaban J connectivity index is 0.00000196. The molecule has 1 unspecified atom stereocenters. The lowest BCUT2D eigenvalue weighted by molar-refractivity contribution is 0.153. The Labute approximate surface area is 167 Å². The molecule has 1 aromatic carbocycles. The van der Waals surface area contributed by atoms with Crippen molar-refractivity contribution in [3.63, 3.8) is 0 Å². The summed E-state index contributed by atoms with van der Waals surface area (Å²) < 4.78 is 0. The van der Waals surface area contributed by atoms with Crippen LogP contribution in [0.25, 0.3) is 0 Å². The lowest BCUT2D eigenvalue weighted by atomic mass is 10.0. The summed E-state index contributed by atoms with van der Waals surface area (Å²) in [5.74, 6) is 1.12. The van der Waals surface area contributed by atoms with Gasteiger partial charge in [-0.25, -0.2) is 4.98 Å². The third-order valence-corrected chi connectivity index (χ3v) is 5.59. The van der Waals surface area contributed by atoms with Crippen molar-refractivity contribution in [2.45, 2.75) is 25.4 Å². The van der Waals surface area contributed by atoms with Gasteiger partial charge in [0.05, 0.1) is 0 Å². The molecular weight excluding hydrogens is 367 g/mol. The van der Waals surface area contributed by atoms with Gasteiger partial charge in [-0.05, 0) is 36.1 Å². The van der Waals surface area contributed by atoms with Crippen molar-refractivity contribution in [2.75, 3.05) is 37.6 Å². The Bertz CT molecular complexity index is 701. The largest absolute Gasteiger partial charge is 0.357 e.